The van der Waals surface area contributed by atoms with Gasteiger partial charge in [0.2, 0.25) is 0 Å². The molecular formula is C12H20. The van der Waals surface area contributed by atoms with Crippen molar-refractivity contribution >= 4 is 0 Å². The smallest absolute Gasteiger partial charge is 0.00259 e. The summed E-state index contributed by atoms with van der Waals surface area (Å²) in [7, 11) is 0. The van der Waals surface area contributed by atoms with Crippen molar-refractivity contribution in [3.63, 3.8) is 0 Å². The van der Waals surface area contributed by atoms with Gasteiger partial charge < -0.3 is 0 Å². The molecule has 1 saturated carbocycles. The molecule has 68 valence electrons. The van der Waals surface area contributed by atoms with Gasteiger partial charge in [-0.15, -0.1) is 0 Å². The van der Waals surface area contributed by atoms with Crippen LogP contribution >= 0.6 is 0 Å². The van der Waals surface area contributed by atoms with Crippen molar-refractivity contribution in [1.29, 1.82) is 0 Å². The summed E-state index contributed by atoms with van der Waals surface area (Å²) in [6.45, 7) is 6.32. The summed E-state index contributed by atoms with van der Waals surface area (Å²) in [4.78, 5) is 0. The van der Waals surface area contributed by atoms with Gasteiger partial charge in [0.1, 0.15) is 0 Å². The molecule has 0 spiro atoms. The van der Waals surface area contributed by atoms with Crippen LogP contribution in [0.5, 0.6) is 0 Å². The van der Waals surface area contributed by atoms with Gasteiger partial charge >= 0.3 is 0 Å². The third kappa shape index (κ3) is 2.84. The van der Waals surface area contributed by atoms with E-state index in [4.69, 9.17) is 0 Å². The first-order valence-corrected chi connectivity index (χ1v) is 5.19. The van der Waals surface area contributed by atoms with Gasteiger partial charge in [-0.3, -0.25) is 0 Å². The number of rotatable bonds is 4. The Bertz CT molecular complexity index is 165. The SMILES string of the molecule is C=C1CCCC1/C=C/CCCC. The normalized spacial score (nSPS) is 24.1. The molecule has 1 rings (SSSR count). The molecule has 0 nitrogen and oxygen atoms in total. The minimum absolute atomic E-state index is 0.710. The second kappa shape index (κ2) is 5.18. The second-order valence-electron chi connectivity index (χ2n) is 3.73. The molecule has 0 radical (unpaired) electrons. The summed E-state index contributed by atoms with van der Waals surface area (Å²) in [6, 6.07) is 0. The minimum atomic E-state index is 0.710. The fraction of sp³-hybridized carbons (Fsp3) is 0.667. The molecule has 0 heteroatoms. The first kappa shape index (κ1) is 9.57. The van der Waals surface area contributed by atoms with Crippen LogP contribution in [-0.2, 0) is 0 Å². The average Bonchev–Trinajstić information content (AvgIpc) is 2.46. The van der Waals surface area contributed by atoms with Gasteiger partial charge in [-0.25, -0.2) is 0 Å². The van der Waals surface area contributed by atoms with Crippen molar-refractivity contribution in [2.24, 2.45) is 5.92 Å². The van der Waals surface area contributed by atoms with Crippen molar-refractivity contribution in [2.75, 3.05) is 0 Å². The van der Waals surface area contributed by atoms with E-state index in [1.807, 2.05) is 0 Å². The van der Waals surface area contributed by atoms with E-state index >= 15 is 0 Å². The van der Waals surface area contributed by atoms with Crippen LogP contribution < -0.4 is 0 Å². The van der Waals surface area contributed by atoms with Crippen LogP contribution in [-0.4, -0.2) is 0 Å². The van der Waals surface area contributed by atoms with Gasteiger partial charge in [0.25, 0.3) is 0 Å². The average molecular weight is 164 g/mol. The third-order valence-electron chi connectivity index (χ3n) is 2.63. The van der Waals surface area contributed by atoms with Crippen LogP contribution in [0.25, 0.3) is 0 Å². The van der Waals surface area contributed by atoms with Crippen LogP contribution in [0.15, 0.2) is 24.3 Å². The molecule has 1 fully saturated rings. The Hall–Kier alpha value is -0.520. The maximum absolute atomic E-state index is 4.08. The highest BCUT2D eigenvalue weighted by atomic mass is 14.2. The Kier molecular flexibility index (Phi) is 4.13. The van der Waals surface area contributed by atoms with Crippen molar-refractivity contribution in [1.82, 2.24) is 0 Å². The number of hydrogen-bond donors (Lipinski definition) is 0. The zero-order valence-electron chi connectivity index (χ0n) is 8.18. The topological polar surface area (TPSA) is 0 Å². The lowest BCUT2D eigenvalue weighted by molar-refractivity contribution is 0.753. The highest BCUT2D eigenvalue weighted by Crippen LogP contribution is 2.30. The summed E-state index contributed by atoms with van der Waals surface area (Å²) in [5, 5.41) is 0. The quantitative estimate of drug-likeness (QED) is 0.433. The molecule has 1 aliphatic carbocycles. The Morgan fingerprint density at radius 1 is 1.58 bits per heavy atom. The van der Waals surface area contributed by atoms with Crippen molar-refractivity contribution in [2.45, 2.75) is 45.4 Å². The summed E-state index contributed by atoms with van der Waals surface area (Å²) in [5.41, 5.74) is 1.45. The second-order valence-corrected chi connectivity index (χ2v) is 3.73. The summed E-state index contributed by atoms with van der Waals surface area (Å²) >= 11 is 0. The zero-order chi connectivity index (χ0) is 8.81. The van der Waals surface area contributed by atoms with Crippen molar-refractivity contribution in [3.8, 4) is 0 Å². The van der Waals surface area contributed by atoms with Crippen LogP contribution in [0.2, 0.25) is 0 Å². The fourth-order valence-electron chi connectivity index (χ4n) is 1.75. The highest BCUT2D eigenvalue weighted by molar-refractivity contribution is 5.13. The molecule has 0 aromatic rings. The number of unbranched alkanes of at least 4 members (excludes halogenated alkanes) is 2. The summed E-state index contributed by atoms with van der Waals surface area (Å²) < 4.78 is 0. The Morgan fingerprint density at radius 2 is 2.42 bits per heavy atom. The van der Waals surface area contributed by atoms with E-state index in [1.54, 1.807) is 0 Å². The van der Waals surface area contributed by atoms with Gasteiger partial charge in [0.15, 0.2) is 0 Å². The molecule has 1 atom stereocenters. The molecule has 12 heavy (non-hydrogen) atoms. The Morgan fingerprint density at radius 3 is 3.00 bits per heavy atom. The third-order valence-corrected chi connectivity index (χ3v) is 2.63. The van der Waals surface area contributed by atoms with Gasteiger partial charge in [0, 0.05) is 0 Å². The summed E-state index contributed by atoms with van der Waals surface area (Å²) in [6.07, 6.45) is 12.5. The molecule has 0 saturated heterocycles. The lowest BCUT2D eigenvalue weighted by Crippen LogP contribution is -1.88. The zero-order valence-corrected chi connectivity index (χ0v) is 8.18. The Balaban J connectivity index is 2.20. The maximum Gasteiger partial charge on any atom is -0.00259 e. The van der Waals surface area contributed by atoms with Crippen LogP contribution in [0.3, 0.4) is 0 Å². The largest absolute Gasteiger partial charge is 0.0993 e. The van der Waals surface area contributed by atoms with E-state index in [9.17, 15) is 0 Å². The lowest BCUT2D eigenvalue weighted by atomic mass is 10.0. The van der Waals surface area contributed by atoms with E-state index in [1.165, 1.54) is 44.1 Å². The maximum atomic E-state index is 4.08. The number of allylic oxidation sites excluding steroid dienone is 3. The molecule has 0 aromatic carbocycles. The molecule has 0 bridgehead atoms. The van der Waals surface area contributed by atoms with E-state index in [0.717, 1.165) is 0 Å². The summed E-state index contributed by atoms with van der Waals surface area (Å²) in [5.74, 6) is 0.710. The standard InChI is InChI=1S/C12H20/c1-3-4-5-6-9-12-10-7-8-11(12)2/h6,9,12H,2-5,7-8,10H2,1H3/b9-6+. The molecule has 0 amide bonds. The molecular weight excluding hydrogens is 144 g/mol. The number of hydrogen-bond acceptors (Lipinski definition) is 0. The first-order valence-electron chi connectivity index (χ1n) is 5.19. The van der Waals surface area contributed by atoms with Gasteiger partial charge in [-0.1, -0.05) is 44.1 Å². The fourth-order valence-corrected chi connectivity index (χ4v) is 1.75. The predicted octanol–water partition coefficient (Wildman–Crippen LogP) is 4.09. The van der Waals surface area contributed by atoms with Crippen LogP contribution in [0.1, 0.15) is 45.4 Å². The van der Waals surface area contributed by atoms with E-state index in [-0.39, 0.29) is 0 Å². The van der Waals surface area contributed by atoms with E-state index in [2.05, 4.69) is 25.7 Å². The monoisotopic (exact) mass is 164 g/mol. The van der Waals surface area contributed by atoms with E-state index < -0.39 is 0 Å². The molecule has 1 unspecified atom stereocenters. The predicted molar refractivity (Wildman–Crippen MR) is 55.1 cm³/mol. The van der Waals surface area contributed by atoms with Crippen LogP contribution in [0, 0.1) is 5.92 Å². The van der Waals surface area contributed by atoms with Crippen LogP contribution in [0.4, 0.5) is 0 Å². The molecule has 1 aliphatic rings. The molecule has 0 aliphatic heterocycles. The van der Waals surface area contributed by atoms with Crippen molar-refractivity contribution in [3.05, 3.63) is 24.3 Å². The molecule has 0 aromatic heterocycles. The Labute approximate surface area is 76.4 Å². The molecule has 0 N–H and O–H groups in total. The van der Waals surface area contributed by atoms with Crippen molar-refractivity contribution < 1.29 is 0 Å². The minimum Gasteiger partial charge on any atom is -0.0993 e. The lowest BCUT2D eigenvalue weighted by Gasteiger charge is -2.02. The van der Waals surface area contributed by atoms with E-state index in [0.29, 0.717) is 5.92 Å². The highest BCUT2D eigenvalue weighted by Gasteiger charge is 2.15. The van der Waals surface area contributed by atoms with Gasteiger partial charge in [-0.2, -0.15) is 0 Å². The first-order chi connectivity index (χ1) is 5.84. The van der Waals surface area contributed by atoms with Gasteiger partial charge in [-0.05, 0) is 31.6 Å². The molecule has 0 heterocycles. The van der Waals surface area contributed by atoms with Gasteiger partial charge in [0.05, 0.1) is 0 Å².